The topological polar surface area (TPSA) is 126 Å². The van der Waals surface area contributed by atoms with Crippen molar-refractivity contribution < 1.29 is 57.0 Å². The molecule has 4 atom stereocenters. The standard InChI is InChI=1S/C52H62O12/c1-3-51(33-57-34-51)31-55-25-5-7-27-59-43-21-17-39(18-22-43)37-9-13-41(14-10-37)49(53)63-45-29-61-48-46(30-62-47(45)48)64-50(54)42-15-11-38(12-16-42)40-19-23-44(24-20-40)60-28-8-6-26-56-32-52(4-2)35-58-36-52/h9-24,45-48H,3-8,25-36H2,1-2H3. The summed E-state index contributed by atoms with van der Waals surface area (Å²) >= 11 is 0. The second-order valence-corrected chi connectivity index (χ2v) is 17.6. The first-order valence-electron chi connectivity index (χ1n) is 23.0. The minimum atomic E-state index is -0.627. The van der Waals surface area contributed by atoms with Crippen molar-refractivity contribution in [2.24, 2.45) is 10.8 Å². The molecule has 12 heteroatoms. The number of hydrogen-bond donors (Lipinski definition) is 0. The second-order valence-electron chi connectivity index (χ2n) is 17.6. The monoisotopic (exact) mass is 878 g/mol. The van der Waals surface area contributed by atoms with Crippen LogP contribution in [0.25, 0.3) is 22.3 Å². The van der Waals surface area contributed by atoms with Crippen LogP contribution in [-0.4, -0.2) is 116 Å². The summed E-state index contributed by atoms with van der Waals surface area (Å²) in [5.41, 5.74) is 5.23. The van der Waals surface area contributed by atoms with Crippen LogP contribution in [0.3, 0.4) is 0 Å². The Hall–Kier alpha value is -4.82. The number of carbonyl (C=O) groups excluding carboxylic acids is 2. The van der Waals surface area contributed by atoms with Crippen LogP contribution < -0.4 is 9.47 Å². The molecule has 0 aliphatic carbocycles. The maximum Gasteiger partial charge on any atom is 0.338 e. The van der Waals surface area contributed by atoms with Crippen LogP contribution in [0.15, 0.2) is 97.1 Å². The van der Waals surface area contributed by atoms with E-state index in [2.05, 4.69) is 13.8 Å². The SMILES string of the molecule is CCC1(COCCCCOc2ccc(-c3ccc(C(=O)OC4COC5C(OC(=O)c6ccc(-c7ccc(OCCCCOCC8(CC)COC8)cc7)cc6)COC45)cc3)cc2)COC1. The summed E-state index contributed by atoms with van der Waals surface area (Å²) < 4.78 is 58.0. The molecule has 4 aromatic carbocycles. The molecular weight excluding hydrogens is 817 g/mol. The zero-order valence-electron chi connectivity index (χ0n) is 37.2. The van der Waals surface area contributed by atoms with Crippen LogP contribution in [0.4, 0.5) is 0 Å². The van der Waals surface area contributed by atoms with Gasteiger partial charge in [-0.05, 0) is 109 Å². The molecule has 4 aliphatic rings. The maximum absolute atomic E-state index is 13.2. The van der Waals surface area contributed by atoms with Crippen LogP contribution in [0.5, 0.6) is 11.5 Å². The van der Waals surface area contributed by atoms with E-state index in [9.17, 15) is 9.59 Å². The largest absolute Gasteiger partial charge is 0.494 e. The summed E-state index contributed by atoms with van der Waals surface area (Å²) in [5, 5.41) is 0. The molecule has 0 radical (unpaired) electrons. The lowest BCUT2D eigenvalue weighted by molar-refractivity contribution is -0.150. The summed E-state index contributed by atoms with van der Waals surface area (Å²) in [6.45, 7) is 12.1. The summed E-state index contributed by atoms with van der Waals surface area (Å²) in [4.78, 5) is 26.4. The molecule has 0 aromatic heterocycles. The van der Waals surface area contributed by atoms with Crippen LogP contribution >= 0.6 is 0 Å². The Bertz CT molecular complexity index is 1920. The van der Waals surface area contributed by atoms with Crippen LogP contribution in [0, 0.1) is 10.8 Å². The Morgan fingerprint density at radius 2 is 0.844 bits per heavy atom. The van der Waals surface area contributed by atoms with Gasteiger partial charge in [0.1, 0.15) is 23.7 Å². The lowest BCUT2D eigenvalue weighted by Gasteiger charge is -2.40. The molecule has 4 aliphatic heterocycles. The Labute approximate surface area is 376 Å². The average Bonchev–Trinajstić information content (AvgIpc) is 3.90. The molecule has 64 heavy (non-hydrogen) atoms. The van der Waals surface area contributed by atoms with Crippen molar-refractivity contribution in [3.63, 3.8) is 0 Å². The van der Waals surface area contributed by atoms with Crippen molar-refractivity contribution in [1.82, 2.24) is 0 Å². The van der Waals surface area contributed by atoms with Gasteiger partial charge in [0.25, 0.3) is 0 Å². The predicted molar refractivity (Wildman–Crippen MR) is 240 cm³/mol. The number of fused-ring (bicyclic) bond motifs is 1. The van der Waals surface area contributed by atoms with Gasteiger partial charge in [0.2, 0.25) is 0 Å². The van der Waals surface area contributed by atoms with E-state index in [1.165, 1.54) is 0 Å². The fourth-order valence-corrected chi connectivity index (χ4v) is 8.26. The van der Waals surface area contributed by atoms with Crippen molar-refractivity contribution in [3.8, 4) is 33.8 Å². The number of unbranched alkanes of at least 4 members (excludes halogenated alkanes) is 2. The van der Waals surface area contributed by atoms with Gasteiger partial charge >= 0.3 is 11.9 Å². The predicted octanol–water partition coefficient (Wildman–Crippen LogP) is 8.77. The quantitative estimate of drug-likeness (QED) is 0.0494. The van der Waals surface area contributed by atoms with Gasteiger partial charge in [-0.3, -0.25) is 0 Å². The molecule has 4 fully saturated rings. The van der Waals surface area contributed by atoms with Gasteiger partial charge in [-0.15, -0.1) is 0 Å². The molecule has 4 unspecified atom stereocenters. The molecular formula is C52H62O12. The van der Waals surface area contributed by atoms with Crippen LogP contribution in [-0.2, 0) is 37.9 Å². The molecule has 4 saturated heterocycles. The lowest BCUT2D eigenvalue weighted by atomic mass is 9.84. The zero-order valence-corrected chi connectivity index (χ0v) is 37.2. The first kappa shape index (κ1) is 45.7. The fourth-order valence-electron chi connectivity index (χ4n) is 8.26. The number of benzene rings is 4. The molecule has 4 heterocycles. The van der Waals surface area contributed by atoms with Gasteiger partial charge in [-0.1, -0.05) is 62.4 Å². The van der Waals surface area contributed by atoms with E-state index in [1.54, 1.807) is 24.3 Å². The van der Waals surface area contributed by atoms with Crippen molar-refractivity contribution >= 4 is 11.9 Å². The van der Waals surface area contributed by atoms with E-state index in [0.717, 1.165) is 125 Å². The van der Waals surface area contributed by atoms with E-state index < -0.39 is 36.4 Å². The number of esters is 2. The van der Waals surface area contributed by atoms with Crippen molar-refractivity contribution in [2.75, 3.05) is 79.3 Å². The minimum absolute atomic E-state index is 0.147. The molecule has 12 nitrogen and oxygen atoms in total. The molecule has 342 valence electrons. The second kappa shape index (κ2) is 21.9. The molecule has 0 saturated carbocycles. The highest BCUT2D eigenvalue weighted by Gasteiger charge is 2.51. The summed E-state index contributed by atoms with van der Waals surface area (Å²) in [7, 11) is 0. The Balaban J connectivity index is 0.719. The summed E-state index contributed by atoms with van der Waals surface area (Å²) in [5.74, 6) is 0.681. The molecule has 4 aromatic rings. The molecule has 8 rings (SSSR count). The number of hydrogen-bond acceptors (Lipinski definition) is 12. The third kappa shape index (κ3) is 11.5. The number of rotatable bonds is 24. The lowest BCUT2D eigenvalue weighted by Crippen LogP contribution is -2.45. The minimum Gasteiger partial charge on any atom is -0.494 e. The van der Waals surface area contributed by atoms with Crippen molar-refractivity contribution in [3.05, 3.63) is 108 Å². The molecule has 0 spiro atoms. The average molecular weight is 879 g/mol. The van der Waals surface area contributed by atoms with Crippen molar-refractivity contribution in [1.29, 1.82) is 0 Å². The smallest absolute Gasteiger partial charge is 0.338 e. The van der Waals surface area contributed by atoms with Gasteiger partial charge in [0.05, 0.1) is 77.2 Å². The van der Waals surface area contributed by atoms with E-state index in [0.29, 0.717) is 24.3 Å². The van der Waals surface area contributed by atoms with Crippen molar-refractivity contribution in [2.45, 2.75) is 76.8 Å². The van der Waals surface area contributed by atoms with Gasteiger partial charge in [-0.2, -0.15) is 0 Å². The summed E-state index contributed by atoms with van der Waals surface area (Å²) in [6, 6.07) is 30.5. The maximum atomic E-state index is 13.2. The van der Waals surface area contributed by atoms with E-state index in [1.807, 2.05) is 72.8 Å². The first-order chi connectivity index (χ1) is 31.3. The number of ether oxygens (including phenoxy) is 10. The fraction of sp³-hybridized carbons (Fsp3) is 0.500. The Morgan fingerprint density at radius 3 is 1.17 bits per heavy atom. The normalized spacial score (nSPS) is 21.6. The van der Waals surface area contributed by atoms with Crippen LogP contribution in [0.1, 0.15) is 73.1 Å². The Kier molecular flexibility index (Phi) is 15.7. The van der Waals surface area contributed by atoms with Gasteiger partial charge < -0.3 is 47.4 Å². The third-order valence-corrected chi connectivity index (χ3v) is 12.9. The highest BCUT2D eigenvalue weighted by atomic mass is 16.7. The van der Waals surface area contributed by atoms with Gasteiger partial charge in [0, 0.05) is 24.0 Å². The highest BCUT2D eigenvalue weighted by Crippen LogP contribution is 2.34. The van der Waals surface area contributed by atoms with E-state index in [4.69, 9.17) is 47.4 Å². The van der Waals surface area contributed by atoms with Gasteiger partial charge in [0.15, 0.2) is 12.2 Å². The van der Waals surface area contributed by atoms with E-state index in [-0.39, 0.29) is 24.0 Å². The first-order valence-corrected chi connectivity index (χ1v) is 23.0. The molecule has 0 amide bonds. The molecule has 0 bridgehead atoms. The van der Waals surface area contributed by atoms with Gasteiger partial charge in [-0.25, -0.2) is 9.59 Å². The Morgan fingerprint density at radius 1 is 0.500 bits per heavy atom. The summed E-state index contributed by atoms with van der Waals surface area (Å²) in [6.07, 6.45) is 3.58. The van der Waals surface area contributed by atoms with Crippen LogP contribution in [0.2, 0.25) is 0 Å². The third-order valence-electron chi connectivity index (χ3n) is 12.9. The number of carbonyl (C=O) groups is 2. The zero-order chi connectivity index (χ0) is 44.2. The van der Waals surface area contributed by atoms with E-state index >= 15 is 0 Å². The molecule has 0 N–H and O–H groups in total. The highest BCUT2D eigenvalue weighted by molar-refractivity contribution is 5.91.